The van der Waals surface area contributed by atoms with Gasteiger partial charge in [-0.2, -0.15) is 18.4 Å². The molecule has 0 radical (unpaired) electrons. The first-order chi connectivity index (χ1) is 8.55. The number of alkyl halides is 3. The zero-order chi connectivity index (χ0) is 14.8. The maximum Gasteiger partial charge on any atom is 0.426 e. The third kappa shape index (κ3) is 4.38. The van der Waals surface area contributed by atoms with Crippen LogP contribution in [0.4, 0.5) is 13.2 Å². The lowest BCUT2D eigenvalue weighted by atomic mass is 10.2. The van der Waals surface area contributed by atoms with E-state index in [1.165, 1.54) is 12.1 Å². The van der Waals surface area contributed by atoms with E-state index in [9.17, 15) is 17.7 Å². The van der Waals surface area contributed by atoms with Gasteiger partial charge in [-0.25, -0.2) is 0 Å². The van der Waals surface area contributed by atoms with E-state index in [1.54, 1.807) is 20.8 Å². The zero-order valence-electron chi connectivity index (χ0n) is 10.6. The van der Waals surface area contributed by atoms with Crippen LogP contribution in [0.2, 0.25) is 0 Å². The van der Waals surface area contributed by atoms with Crippen LogP contribution >= 0.6 is 11.3 Å². The Morgan fingerprint density at radius 3 is 2.37 bits per heavy atom. The molecule has 0 fully saturated rings. The molecule has 3 nitrogen and oxygen atoms in total. The van der Waals surface area contributed by atoms with Gasteiger partial charge in [0.05, 0.1) is 12.1 Å². The van der Waals surface area contributed by atoms with Gasteiger partial charge in [-0.05, 0) is 26.8 Å². The normalized spacial score (nSPS) is 14.2. The fourth-order valence-corrected chi connectivity index (χ4v) is 2.90. The van der Waals surface area contributed by atoms with Crippen molar-refractivity contribution in [2.75, 3.05) is 0 Å². The molecular weight excluding hydrogens is 297 g/mol. The van der Waals surface area contributed by atoms with Gasteiger partial charge in [-0.3, -0.25) is 0 Å². The minimum Gasteiger partial charge on any atom is -0.598 e. The number of nitrogens with zero attached hydrogens (tertiary/aromatic N) is 1. The summed E-state index contributed by atoms with van der Waals surface area (Å²) in [7, 11) is 0. The fraction of sp³-hybridized carbons (Fsp3) is 0.545. The summed E-state index contributed by atoms with van der Waals surface area (Å²) in [5.41, 5.74) is -0.393. The van der Waals surface area contributed by atoms with Gasteiger partial charge in [0.25, 0.3) is 0 Å². The highest BCUT2D eigenvalue weighted by atomic mass is 32.2. The van der Waals surface area contributed by atoms with Crippen molar-refractivity contribution < 1.29 is 17.7 Å². The Balaban J connectivity index is 2.83. The van der Waals surface area contributed by atoms with Crippen molar-refractivity contribution in [2.24, 2.45) is 0 Å². The summed E-state index contributed by atoms with van der Waals surface area (Å²) in [4.78, 5) is -0.574. The minimum atomic E-state index is -4.53. The summed E-state index contributed by atoms with van der Waals surface area (Å²) < 4.78 is 51.7. The van der Waals surface area contributed by atoms with Crippen molar-refractivity contribution in [3.63, 3.8) is 0 Å². The molecular formula is C11H13F3N2OS2. The lowest BCUT2D eigenvalue weighted by molar-refractivity contribution is -0.134. The first kappa shape index (κ1) is 16.3. The Hall–Kier alpha value is -0.750. The van der Waals surface area contributed by atoms with Crippen LogP contribution < -0.4 is 4.72 Å². The van der Waals surface area contributed by atoms with E-state index in [2.05, 4.69) is 4.72 Å². The fourth-order valence-electron chi connectivity index (χ4n) is 1.18. The van der Waals surface area contributed by atoms with E-state index < -0.39 is 32.7 Å². The van der Waals surface area contributed by atoms with Gasteiger partial charge in [-0.1, -0.05) is 0 Å². The number of nitriles is 1. The third-order valence-electron chi connectivity index (χ3n) is 2.09. The van der Waals surface area contributed by atoms with Gasteiger partial charge in [0.15, 0.2) is 0 Å². The standard InChI is InChI=1S/C11H13F3N2OS2/c1-10(2,3)19(17)16-6-8-4-7(5-15)9(18-8)11(12,13)14/h4,16H,6H2,1-3H3. The second-order valence-corrected chi connectivity index (χ2v) is 7.95. The highest BCUT2D eigenvalue weighted by Crippen LogP contribution is 2.37. The Morgan fingerprint density at radius 2 is 2.00 bits per heavy atom. The summed E-state index contributed by atoms with van der Waals surface area (Å²) in [6.45, 7) is 5.31. The Labute approximate surface area is 116 Å². The maximum atomic E-state index is 12.6. The molecule has 1 rings (SSSR count). The smallest absolute Gasteiger partial charge is 0.426 e. The average Bonchev–Trinajstić information content (AvgIpc) is 2.67. The molecule has 0 aliphatic rings. The quantitative estimate of drug-likeness (QED) is 0.872. The summed E-state index contributed by atoms with van der Waals surface area (Å²) >= 11 is -0.867. The number of halogens is 3. The molecule has 1 aromatic heterocycles. The largest absolute Gasteiger partial charge is 0.598 e. The second kappa shape index (κ2) is 5.71. The van der Waals surface area contributed by atoms with Crippen molar-refractivity contribution >= 4 is 22.7 Å². The van der Waals surface area contributed by atoms with E-state index in [0.29, 0.717) is 16.2 Å². The molecule has 1 atom stereocenters. The van der Waals surface area contributed by atoms with E-state index in [1.807, 2.05) is 0 Å². The molecule has 0 bridgehead atoms. The Kier molecular flexibility index (Phi) is 4.90. The SMILES string of the molecule is CC(C)(C)[S+]([O-])NCc1cc(C#N)c(C(F)(F)F)s1. The van der Waals surface area contributed by atoms with Gasteiger partial charge in [-0.15, -0.1) is 16.1 Å². The van der Waals surface area contributed by atoms with Gasteiger partial charge in [0.1, 0.15) is 15.7 Å². The third-order valence-corrected chi connectivity index (χ3v) is 4.79. The lowest BCUT2D eigenvalue weighted by Gasteiger charge is -2.23. The van der Waals surface area contributed by atoms with Crippen LogP contribution in [-0.2, 0) is 24.1 Å². The van der Waals surface area contributed by atoms with Crippen molar-refractivity contribution in [2.45, 2.75) is 38.2 Å². The number of hydrogen-bond donors (Lipinski definition) is 1. The van der Waals surface area contributed by atoms with Gasteiger partial charge in [0.2, 0.25) is 0 Å². The van der Waals surface area contributed by atoms with Crippen LogP contribution in [0.1, 0.15) is 36.1 Å². The molecule has 0 aliphatic carbocycles. The molecule has 0 saturated heterocycles. The summed E-state index contributed by atoms with van der Waals surface area (Å²) in [5, 5.41) is 8.68. The molecule has 1 unspecified atom stereocenters. The van der Waals surface area contributed by atoms with Crippen LogP contribution in [-0.4, -0.2) is 9.30 Å². The molecule has 0 saturated carbocycles. The predicted octanol–water partition coefficient (Wildman–Crippen LogP) is 3.19. The number of nitrogens with one attached hydrogen (secondary N) is 1. The molecule has 106 valence electrons. The molecule has 8 heteroatoms. The number of hydrogen-bond acceptors (Lipinski definition) is 4. The highest BCUT2D eigenvalue weighted by Gasteiger charge is 2.36. The first-order valence-electron chi connectivity index (χ1n) is 5.31. The van der Waals surface area contributed by atoms with Gasteiger partial charge in [0, 0.05) is 16.2 Å². The van der Waals surface area contributed by atoms with Crippen molar-refractivity contribution in [1.29, 1.82) is 5.26 Å². The minimum absolute atomic E-state index is 0.0410. The Morgan fingerprint density at radius 1 is 1.42 bits per heavy atom. The van der Waals surface area contributed by atoms with Crippen LogP contribution in [0.25, 0.3) is 0 Å². The molecule has 1 aromatic rings. The van der Waals surface area contributed by atoms with Crippen molar-refractivity contribution in [3.8, 4) is 6.07 Å². The highest BCUT2D eigenvalue weighted by molar-refractivity contribution is 7.90. The molecule has 0 spiro atoms. The summed E-state index contributed by atoms with van der Waals surface area (Å²) in [6, 6.07) is 2.71. The van der Waals surface area contributed by atoms with Crippen molar-refractivity contribution in [1.82, 2.24) is 4.72 Å². The molecule has 0 amide bonds. The molecule has 0 aromatic carbocycles. The van der Waals surface area contributed by atoms with Crippen LogP contribution in [0, 0.1) is 11.3 Å². The van der Waals surface area contributed by atoms with E-state index in [4.69, 9.17) is 5.26 Å². The average molecular weight is 310 g/mol. The van der Waals surface area contributed by atoms with Crippen LogP contribution in [0.5, 0.6) is 0 Å². The second-order valence-electron chi connectivity index (χ2n) is 4.77. The predicted molar refractivity (Wildman–Crippen MR) is 68.8 cm³/mol. The zero-order valence-corrected chi connectivity index (χ0v) is 12.2. The number of thiophene rings is 1. The molecule has 0 aliphatic heterocycles. The van der Waals surface area contributed by atoms with E-state index in [0.717, 1.165) is 0 Å². The van der Waals surface area contributed by atoms with Crippen molar-refractivity contribution in [3.05, 3.63) is 21.4 Å². The van der Waals surface area contributed by atoms with E-state index in [-0.39, 0.29) is 6.54 Å². The van der Waals surface area contributed by atoms with Gasteiger partial charge >= 0.3 is 6.18 Å². The number of rotatable bonds is 3. The maximum absolute atomic E-state index is 12.6. The first-order valence-corrected chi connectivity index (χ1v) is 7.27. The summed E-state index contributed by atoms with van der Waals surface area (Å²) in [5.74, 6) is 0. The summed E-state index contributed by atoms with van der Waals surface area (Å²) in [6.07, 6.45) is -4.53. The Bertz CT molecular complexity index is 486. The van der Waals surface area contributed by atoms with E-state index >= 15 is 0 Å². The van der Waals surface area contributed by atoms with Gasteiger partial charge < -0.3 is 4.55 Å². The molecule has 1 N–H and O–H groups in total. The molecule has 1 heterocycles. The lowest BCUT2D eigenvalue weighted by Crippen LogP contribution is -2.38. The van der Waals surface area contributed by atoms with Crippen LogP contribution in [0.15, 0.2) is 6.07 Å². The topological polar surface area (TPSA) is 58.9 Å². The van der Waals surface area contributed by atoms with Crippen LogP contribution in [0.3, 0.4) is 0 Å². The monoisotopic (exact) mass is 310 g/mol. The molecule has 19 heavy (non-hydrogen) atoms.